The maximum absolute atomic E-state index is 13.0. The van der Waals surface area contributed by atoms with Crippen molar-refractivity contribution in [2.45, 2.75) is 13.8 Å². The van der Waals surface area contributed by atoms with Gasteiger partial charge in [0.25, 0.3) is 5.56 Å². The van der Waals surface area contributed by atoms with Gasteiger partial charge in [-0.25, -0.2) is 4.79 Å². The molecule has 0 radical (unpaired) electrons. The molecule has 7 nitrogen and oxygen atoms in total. The molecule has 0 aliphatic rings. The minimum atomic E-state index is -0.833. The van der Waals surface area contributed by atoms with Crippen LogP contribution in [0.2, 0.25) is 5.02 Å². The van der Waals surface area contributed by atoms with Gasteiger partial charge in [0.05, 0.1) is 6.61 Å². The van der Waals surface area contributed by atoms with E-state index in [4.69, 9.17) is 21.1 Å². The Morgan fingerprint density at radius 1 is 1.34 bits per heavy atom. The minimum Gasteiger partial charge on any atom is -0.462 e. The summed E-state index contributed by atoms with van der Waals surface area (Å²) in [6.45, 7) is 3.53. The molecule has 0 saturated heterocycles. The van der Waals surface area contributed by atoms with Crippen LogP contribution in [0.3, 0.4) is 0 Å². The highest BCUT2D eigenvalue weighted by atomic mass is 35.5. The zero-order chi connectivity index (χ0) is 21.0. The Morgan fingerprint density at radius 3 is 2.83 bits per heavy atom. The minimum absolute atomic E-state index is 0.0417. The average Bonchev–Trinajstić information content (AvgIpc) is 2.71. The zero-order valence-electron chi connectivity index (χ0n) is 15.7. The van der Waals surface area contributed by atoms with Crippen LogP contribution in [0.1, 0.15) is 18.1 Å². The number of nitriles is 1. The maximum Gasteiger partial charge on any atom is 0.348 e. The van der Waals surface area contributed by atoms with Crippen LogP contribution in [0.4, 0.5) is 0 Å². The third kappa shape index (κ3) is 4.28. The summed E-state index contributed by atoms with van der Waals surface area (Å²) in [7, 11) is 0. The van der Waals surface area contributed by atoms with Gasteiger partial charge in [-0.15, -0.1) is 0 Å². The number of halogens is 1. The zero-order valence-corrected chi connectivity index (χ0v) is 16.4. The van der Waals surface area contributed by atoms with Gasteiger partial charge in [-0.05, 0) is 55.8 Å². The molecule has 0 N–H and O–H groups in total. The normalized spacial score (nSPS) is 11.2. The first-order chi connectivity index (χ1) is 13.9. The van der Waals surface area contributed by atoms with Gasteiger partial charge in [0.15, 0.2) is 0 Å². The van der Waals surface area contributed by atoms with Crippen LogP contribution in [-0.2, 0) is 9.53 Å². The molecule has 29 heavy (non-hydrogen) atoms. The van der Waals surface area contributed by atoms with E-state index in [0.29, 0.717) is 16.4 Å². The SMILES string of the molecule is CCOC(=O)/C(C#N)=C/c1c(Oc2ccc(Cl)c(C)c2)nc2ccccn2c1=O. The van der Waals surface area contributed by atoms with Gasteiger partial charge in [-0.3, -0.25) is 9.20 Å². The van der Waals surface area contributed by atoms with Crippen molar-refractivity contribution < 1.29 is 14.3 Å². The van der Waals surface area contributed by atoms with Gasteiger partial charge in [0.1, 0.15) is 28.6 Å². The first kappa shape index (κ1) is 20.1. The molecule has 0 amide bonds. The Kier molecular flexibility index (Phi) is 5.96. The molecule has 0 fully saturated rings. The molecule has 0 bridgehead atoms. The molecule has 1 aromatic carbocycles. The van der Waals surface area contributed by atoms with Crippen molar-refractivity contribution in [3.63, 3.8) is 0 Å². The van der Waals surface area contributed by atoms with Crippen LogP contribution in [-0.4, -0.2) is 22.0 Å². The molecular formula is C21H16ClN3O4. The number of aryl methyl sites for hydroxylation is 1. The summed E-state index contributed by atoms with van der Waals surface area (Å²) in [5.74, 6) is -0.468. The van der Waals surface area contributed by atoms with Gasteiger partial charge in [0, 0.05) is 11.2 Å². The number of rotatable bonds is 5. The molecule has 0 saturated carbocycles. The molecule has 3 rings (SSSR count). The van der Waals surface area contributed by atoms with Gasteiger partial charge in [0.2, 0.25) is 5.88 Å². The highest BCUT2D eigenvalue weighted by Gasteiger charge is 2.18. The molecule has 2 aromatic heterocycles. The Hall–Kier alpha value is -3.63. The molecular weight excluding hydrogens is 394 g/mol. The van der Waals surface area contributed by atoms with Crippen molar-refractivity contribution in [1.29, 1.82) is 5.26 Å². The second-order valence-corrected chi connectivity index (χ2v) is 6.38. The van der Waals surface area contributed by atoms with E-state index in [9.17, 15) is 14.9 Å². The summed E-state index contributed by atoms with van der Waals surface area (Å²) in [6.07, 6.45) is 2.67. The van der Waals surface area contributed by atoms with Gasteiger partial charge in [-0.1, -0.05) is 17.7 Å². The van der Waals surface area contributed by atoms with Crippen LogP contribution < -0.4 is 10.3 Å². The Balaban J connectivity index is 2.20. The predicted molar refractivity (Wildman–Crippen MR) is 108 cm³/mol. The molecule has 0 aliphatic heterocycles. The monoisotopic (exact) mass is 409 g/mol. The summed E-state index contributed by atoms with van der Waals surface area (Å²) in [5.41, 5.74) is 0.256. The lowest BCUT2D eigenvalue weighted by Crippen LogP contribution is -2.19. The van der Waals surface area contributed by atoms with E-state index in [-0.39, 0.29) is 23.6 Å². The standard InChI is InChI=1S/C21H16ClN3O4/c1-3-28-21(27)14(12-23)11-16-19(29-15-7-8-17(22)13(2)10-15)24-18-6-4-5-9-25(18)20(16)26/h4-11H,3H2,1-2H3/b14-11+. The Morgan fingerprint density at radius 2 is 2.14 bits per heavy atom. The number of carbonyl (C=O) groups is 1. The molecule has 0 aliphatic carbocycles. The van der Waals surface area contributed by atoms with Crippen LogP contribution in [0.5, 0.6) is 11.6 Å². The molecule has 3 aromatic rings. The summed E-state index contributed by atoms with van der Waals surface area (Å²) >= 11 is 6.05. The fourth-order valence-corrected chi connectivity index (χ4v) is 2.68. The van der Waals surface area contributed by atoms with Gasteiger partial charge >= 0.3 is 5.97 Å². The fourth-order valence-electron chi connectivity index (χ4n) is 2.57. The molecule has 0 unspecified atom stereocenters. The van der Waals surface area contributed by atoms with E-state index in [0.717, 1.165) is 11.6 Å². The van der Waals surface area contributed by atoms with E-state index >= 15 is 0 Å². The number of nitrogens with zero attached hydrogens (tertiary/aromatic N) is 3. The van der Waals surface area contributed by atoms with Crippen LogP contribution in [0.15, 0.2) is 53.0 Å². The summed E-state index contributed by atoms with van der Waals surface area (Å²) in [6, 6.07) is 11.8. The van der Waals surface area contributed by atoms with Crippen LogP contribution >= 0.6 is 11.6 Å². The van der Waals surface area contributed by atoms with E-state index in [2.05, 4.69) is 4.98 Å². The highest BCUT2D eigenvalue weighted by Crippen LogP contribution is 2.27. The molecule has 146 valence electrons. The van der Waals surface area contributed by atoms with Gasteiger partial charge in [-0.2, -0.15) is 10.2 Å². The van der Waals surface area contributed by atoms with Crippen molar-refractivity contribution in [3.05, 3.63) is 74.7 Å². The average molecular weight is 410 g/mol. The number of esters is 1. The number of benzene rings is 1. The second-order valence-electron chi connectivity index (χ2n) is 5.97. The molecule has 0 atom stereocenters. The quantitative estimate of drug-likeness (QED) is 0.360. The first-order valence-electron chi connectivity index (χ1n) is 8.69. The van der Waals surface area contributed by atoms with E-state index in [1.54, 1.807) is 49.4 Å². The van der Waals surface area contributed by atoms with Crippen molar-refractivity contribution >= 4 is 29.3 Å². The summed E-state index contributed by atoms with van der Waals surface area (Å²) in [5, 5.41) is 9.90. The lowest BCUT2D eigenvalue weighted by Gasteiger charge is -2.11. The van der Waals surface area contributed by atoms with Crippen LogP contribution in [0.25, 0.3) is 11.7 Å². The Bertz CT molecular complexity index is 1220. The first-order valence-corrected chi connectivity index (χ1v) is 9.06. The number of aromatic nitrogens is 2. The number of hydrogen-bond donors (Lipinski definition) is 0. The van der Waals surface area contributed by atoms with Crippen molar-refractivity contribution in [2.24, 2.45) is 0 Å². The molecule has 8 heteroatoms. The summed E-state index contributed by atoms with van der Waals surface area (Å²) < 4.78 is 12.0. The largest absolute Gasteiger partial charge is 0.462 e. The molecule has 0 spiro atoms. The maximum atomic E-state index is 13.0. The predicted octanol–water partition coefficient (Wildman–Crippen LogP) is 3.92. The lowest BCUT2D eigenvalue weighted by atomic mass is 10.2. The number of carbonyl (C=O) groups excluding carboxylic acids is 1. The van der Waals surface area contributed by atoms with Crippen molar-refractivity contribution in [1.82, 2.24) is 9.38 Å². The highest BCUT2D eigenvalue weighted by molar-refractivity contribution is 6.31. The number of pyridine rings is 1. The van der Waals surface area contributed by atoms with Crippen molar-refractivity contribution in [2.75, 3.05) is 6.61 Å². The number of hydrogen-bond acceptors (Lipinski definition) is 6. The topological polar surface area (TPSA) is 93.7 Å². The fraction of sp³-hybridized carbons (Fsp3) is 0.143. The number of fused-ring (bicyclic) bond motifs is 1. The third-order valence-electron chi connectivity index (χ3n) is 3.98. The van der Waals surface area contributed by atoms with E-state index < -0.39 is 11.5 Å². The summed E-state index contributed by atoms with van der Waals surface area (Å²) in [4.78, 5) is 29.4. The smallest absolute Gasteiger partial charge is 0.348 e. The number of ether oxygens (including phenoxy) is 2. The second kappa shape index (κ2) is 8.59. The third-order valence-corrected chi connectivity index (χ3v) is 4.41. The lowest BCUT2D eigenvalue weighted by molar-refractivity contribution is -0.137. The van der Waals surface area contributed by atoms with E-state index in [1.807, 2.05) is 6.92 Å². The van der Waals surface area contributed by atoms with Crippen LogP contribution in [0, 0.1) is 18.3 Å². The molecule has 2 heterocycles. The van der Waals surface area contributed by atoms with Crippen molar-refractivity contribution in [3.8, 4) is 17.7 Å². The van der Waals surface area contributed by atoms with Gasteiger partial charge < -0.3 is 9.47 Å². The van der Waals surface area contributed by atoms with E-state index in [1.165, 1.54) is 10.6 Å². The Labute approximate surface area is 171 Å².